The van der Waals surface area contributed by atoms with Gasteiger partial charge in [0.05, 0.1) is 5.69 Å². The first-order valence-electron chi connectivity index (χ1n) is 5.59. The highest BCUT2D eigenvalue weighted by Gasteiger charge is 2.20. The van der Waals surface area contributed by atoms with Gasteiger partial charge < -0.3 is 19.8 Å². The number of nitro groups is 1. The van der Waals surface area contributed by atoms with Crippen LogP contribution in [0.3, 0.4) is 0 Å². The van der Waals surface area contributed by atoms with Crippen LogP contribution in [0.15, 0.2) is 18.3 Å². The third-order valence-corrected chi connectivity index (χ3v) is 3.07. The van der Waals surface area contributed by atoms with Crippen molar-refractivity contribution in [1.82, 2.24) is 4.98 Å². The molecule has 0 aromatic carbocycles. The standard InChI is InChI=1S/C11H15N3O3/c1-13(9-4-6-17-7-5-9)10-2-3-11(12-8-10)14(15)16/h2-3,8-9H,4-7H2,1H3. The van der Waals surface area contributed by atoms with Crippen molar-refractivity contribution in [3.05, 3.63) is 28.4 Å². The number of hydrogen-bond donors (Lipinski definition) is 0. The van der Waals surface area contributed by atoms with Crippen LogP contribution in [0.2, 0.25) is 0 Å². The first kappa shape index (κ1) is 11.8. The topological polar surface area (TPSA) is 68.5 Å². The van der Waals surface area contributed by atoms with E-state index in [-0.39, 0.29) is 5.82 Å². The monoisotopic (exact) mass is 237 g/mol. The Bertz CT molecular complexity index is 387. The minimum Gasteiger partial charge on any atom is -0.381 e. The Kier molecular flexibility index (Phi) is 3.53. The maximum Gasteiger partial charge on any atom is 0.363 e. The summed E-state index contributed by atoms with van der Waals surface area (Å²) in [5.41, 5.74) is 0.905. The van der Waals surface area contributed by atoms with Crippen molar-refractivity contribution >= 4 is 11.5 Å². The molecule has 0 atom stereocenters. The Labute approximate surface area is 99.4 Å². The fourth-order valence-corrected chi connectivity index (χ4v) is 1.98. The molecular formula is C11H15N3O3. The second-order valence-electron chi connectivity index (χ2n) is 4.09. The lowest BCUT2D eigenvalue weighted by Gasteiger charge is -2.32. The Morgan fingerprint density at radius 2 is 2.18 bits per heavy atom. The summed E-state index contributed by atoms with van der Waals surface area (Å²) < 4.78 is 5.30. The van der Waals surface area contributed by atoms with E-state index in [4.69, 9.17) is 4.74 Å². The van der Waals surface area contributed by atoms with Crippen molar-refractivity contribution in [2.45, 2.75) is 18.9 Å². The Hall–Kier alpha value is -1.69. The van der Waals surface area contributed by atoms with Gasteiger partial charge in [-0.05, 0) is 28.8 Å². The predicted molar refractivity (Wildman–Crippen MR) is 63.1 cm³/mol. The van der Waals surface area contributed by atoms with Crippen LogP contribution in [0.25, 0.3) is 0 Å². The smallest absolute Gasteiger partial charge is 0.363 e. The van der Waals surface area contributed by atoms with Crippen LogP contribution < -0.4 is 4.90 Å². The number of ether oxygens (including phenoxy) is 1. The van der Waals surface area contributed by atoms with Crippen LogP contribution in [0.1, 0.15) is 12.8 Å². The first-order valence-corrected chi connectivity index (χ1v) is 5.59. The lowest BCUT2D eigenvalue weighted by molar-refractivity contribution is -0.389. The Balaban J connectivity index is 2.07. The van der Waals surface area contributed by atoms with E-state index >= 15 is 0 Å². The Morgan fingerprint density at radius 1 is 1.47 bits per heavy atom. The predicted octanol–water partition coefficient (Wildman–Crippen LogP) is 1.60. The van der Waals surface area contributed by atoms with Crippen molar-refractivity contribution in [1.29, 1.82) is 0 Å². The maximum absolute atomic E-state index is 10.5. The summed E-state index contributed by atoms with van der Waals surface area (Å²) in [6, 6.07) is 3.60. The van der Waals surface area contributed by atoms with Gasteiger partial charge in [-0.15, -0.1) is 0 Å². The van der Waals surface area contributed by atoms with Gasteiger partial charge in [0, 0.05) is 32.4 Å². The summed E-state index contributed by atoms with van der Waals surface area (Å²) >= 11 is 0. The number of rotatable bonds is 3. The van der Waals surface area contributed by atoms with Crippen LogP contribution in [-0.4, -0.2) is 36.2 Å². The summed E-state index contributed by atoms with van der Waals surface area (Å²) in [5, 5.41) is 10.5. The summed E-state index contributed by atoms with van der Waals surface area (Å²) in [6.45, 7) is 1.55. The van der Waals surface area contributed by atoms with Crippen molar-refractivity contribution in [2.75, 3.05) is 25.2 Å². The zero-order chi connectivity index (χ0) is 12.3. The van der Waals surface area contributed by atoms with Crippen molar-refractivity contribution in [2.24, 2.45) is 0 Å². The van der Waals surface area contributed by atoms with Crippen molar-refractivity contribution in [3.63, 3.8) is 0 Å². The highest BCUT2D eigenvalue weighted by Crippen LogP contribution is 2.21. The third kappa shape index (κ3) is 2.71. The van der Waals surface area contributed by atoms with Gasteiger partial charge in [0.1, 0.15) is 0 Å². The molecule has 6 heteroatoms. The summed E-state index contributed by atoms with van der Waals surface area (Å²) in [6.07, 6.45) is 3.51. The van der Waals surface area contributed by atoms with Gasteiger partial charge in [0.2, 0.25) is 0 Å². The molecule has 0 saturated carbocycles. The van der Waals surface area contributed by atoms with E-state index in [0.29, 0.717) is 6.04 Å². The molecule has 1 aromatic heterocycles. The largest absolute Gasteiger partial charge is 0.381 e. The quantitative estimate of drug-likeness (QED) is 0.590. The Morgan fingerprint density at radius 3 is 2.71 bits per heavy atom. The molecule has 0 N–H and O–H groups in total. The molecule has 2 rings (SSSR count). The zero-order valence-corrected chi connectivity index (χ0v) is 9.70. The molecule has 0 spiro atoms. The fraction of sp³-hybridized carbons (Fsp3) is 0.545. The maximum atomic E-state index is 10.5. The van der Waals surface area contributed by atoms with Crippen LogP contribution in [-0.2, 0) is 4.74 Å². The zero-order valence-electron chi connectivity index (χ0n) is 9.70. The van der Waals surface area contributed by atoms with Crippen LogP contribution in [0, 0.1) is 10.1 Å². The van der Waals surface area contributed by atoms with Gasteiger partial charge in [-0.1, -0.05) is 0 Å². The first-order chi connectivity index (χ1) is 8.18. The van der Waals surface area contributed by atoms with E-state index in [1.54, 1.807) is 12.3 Å². The van der Waals surface area contributed by atoms with Gasteiger partial charge in [0.25, 0.3) is 0 Å². The molecule has 0 aliphatic carbocycles. The second-order valence-corrected chi connectivity index (χ2v) is 4.09. The molecule has 0 amide bonds. The van der Waals surface area contributed by atoms with Gasteiger partial charge in [0.15, 0.2) is 6.20 Å². The van der Waals surface area contributed by atoms with Gasteiger partial charge >= 0.3 is 5.82 Å². The SMILES string of the molecule is CN(c1ccc([N+](=O)[O-])nc1)C1CCOCC1. The van der Waals surface area contributed by atoms with E-state index in [1.807, 2.05) is 7.05 Å². The third-order valence-electron chi connectivity index (χ3n) is 3.07. The summed E-state index contributed by atoms with van der Waals surface area (Å²) in [4.78, 5) is 15.9. The highest BCUT2D eigenvalue weighted by molar-refractivity contribution is 5.46. The summed E-state index contributed by atoms with van der Waals surface area (Å²) in [5.74, 6) is -0.117. The van der Waals surface area contributed by atoms with E-state index in [9.17, 15) is 10.1 Å². The summed E-state index contributed by atoms with van der Waals surface area (Å²) in [7, 11) is 1.98. The van der Waals surface area contributed by atoms with Gasteiger partial charge in [-0.3, -0.25) is 0 Å². The van der Waals surface area contributed by atoms with Crippen molar-refractivity contribution < 1.29 is 9.66 Å². The van der Waals surface area contributed by atoms with Crippen LogP contribution >= 0.6 is 0 Å². The molecule has 1 fully saturated rings. The van der Waals surface area contributed by atoms with E-state index in [0.717, 1.165) is 31.7 Å². The molecule has 1 aromatic rings. The van der Waals surface area contributed by atoms with E-state index < -0.39 is 4.92 Å². The molecule has 17 heavy (non-hydrogen) atoms. The number of anilines is 1. The lowest BCUT2D eigenvalue weighted by Crippen LogP contribution is -2.36. The molecule has 1 aliphatic heterocycles. The normalized spacial score (nSPS) is 16.8. The van der Waals surface area contributed by atoms with E-state index in [1.165, 1.54) is 6.07 Å². The van der Waals surface area contributed by atoms with Crippen molar-refractivity contribution in [3.8, 4) is 0 Å². The molecule has 2 heterocycles. The van der Waals surface area contributed by atoms with Crippen LogP contribution in [0.4, 0.5) is 11.5 Å². The number of pyridine rings is 1. The number of hydrogen-bond acceptors (Lipinski definition) is 5. The molecule has 1 saturated heterocycles. The molecule has 0 radical (unpaired) electrons. The lowest BCUT2D eigenvalue weighted by atomic mass is 10.1. The van der Waals surface area contributed by atoms with E-state index in [2.05, 4.69) is 9.88 Å². The number of nitrogens with zero attached hydrogens (tertiary/aromatic N) is 3. The molecule has 0 bridgehead atoms. The molecule has 1 aliphatic rings. The van der Waals surface area contributed by atoms with Crippen LogP contribution in [0.5, 0.6) is 0 Å². The highest BCUT2D eigenvalue weighted by atomic mass is 16.6. The molecular weight excluding hydrogens is 222 g/mol. The minimum atomic E-state index is -0.488. The second kappa shape index (κ2) is 5.09. The average molecular weight is 237 g/mol. The number of aromatic nitrogens is 1. The van der Waals surface area contributed by atoms with Gasteiger partial charge in [-0.2, -0.15) is 0 Å². The molecule has 6 nitrogen and oxygen atoms in total. The molecule has 92 valence electrons. The molecule has 0 unspecified atom stereocenters. The fourth-order valence-electron chi connectivity index (χ4n) is 1.98. The minimum absolute atomic E-state index is 0.117. The van der Waals surface area contributed by atoms with Gasteiger partial charge in [-0.25, -0.2) is 0 Å². The average Bonchev–Trinajstić information content (AvgIpc) is 2.39.